The Bertz CT molecular complexity index is 986. The quantitative estimate of drug-likeness (QED) is 0.564. The lowest BCUT2D eigenvalue weighted by atomic mass is 10.1. The van der Waals surface area contributed by atoms with Crippen LogP contribution in [0.2, 0.25) is 0 Å². The van der Waals surface area contributed by atoms with Gasteiger partial charge < -0.3 is 19.3 Å². The molecule has 0 bridgehead atoms. The average Bonchev–Trinajstić information content (AvgIpc) is 3.21. The van der Waals surface area contributed by atoms with E-state index < -0.39 is 27.1 Å². The molecule has 0 aliphatic carbocycles. The Morgan fingerprint density at radius 2 is 1.60 bits per heavy atom. The molecule has 1 fully saturated rings. The molecule has 2 aromatic carbocycles. The highest BCUT2D eigenvalue weighted by atomic mass is 16.7. The van der Waals surface area contributed by atoms with Gasteiger partial charge in [0.2, 0.25) is 6.79 Å². The van der Waals surface area contributed by atoms with Crippen molar-refractivity contribution in [3.8, 4) is 11.5 Å². The summed E-state index contributed by atoms with van der Waals surface area (Å²) in [5, 5.41) is 22.1. The molecule has 0 aromatic heterocycles. The summed E-state index contributed by atoms with van der Waals surface area (Å²) in [5.41, 5.74) is 0.109. The molecule has 0 unspecified atom stereocenters. The van der Waals surface area contributed by atoms with Crippen molar-refractivity contribution >= 4 is 17.3 Å². The third kappa shape index (κ3) is 4.01. The van der Waals surface area contributed by atoms with Crippen molar-refractivity contribution in [2.24, 2.45) is 0 Å². The molecule has 0 radical (unpaired) electrons. The Morgan fingerprint density at radius 3 is 2.23 bits per heavy atom. The highest BCUT2D eigenvalue weighted by molar-refractivity contribution is 5.95. The molecule has 2 aromatic rings. The maximum absolute atomic E-state index is 12.8. The monoisotopic (exact) mass is 415 g/mol. The third-order valence-electron chi connectivity index (χ3n) is 5.22. The van der Waals surface area contributed by atoms with Crippen molar-refractivity contribution in [1.82, 2.24) is 4.90 Å². The summed E-state index contributed by atoms with van der Waals surface area (Å²) in [6.07, 6.45) is 0. The topological polar surface area (TPSA) is 129 Å². The standard InChI is InChI=1S/C19H18N4O7/c24-19(14-8-15(22(25)26)10-16(9-14)23(27)28)21-5-3-20(4-6-21)11-13-1-2-17-18(7-13)30-12-29-17/h1-2,7-10H,3-6,11-12H2/p+1. The third-order valence-corrected chi connectivity index (χ3v) is 5.22. The van der Waals surface area contributed by atoms with Gasteiger partial charge in [0.25, 0.3) is 17.3 Å². The number of hydrogen-bond donors (Lipinski definition) is 1. The number of nitro benzene ring substituents is 2. The average molecular weight is 415 g/mol. The smallest absolute Gasteiger partial charge is 0.277 e. The van der Waals surface area contributed by atoms with Gasteiger partial charge in [-0.2, -0.15) is 0 Å². The van der Waals surface area contributed by atoms with E-state index in [0.29, 0.717) is 26.2 Å². The minimum atomic E-state index is -0.739. The number of carbonyl (C=O) groups excluding carboxylic acids is 1. The fourth-order valence-electron chi connectivity index (χ4n) is 3.65. The number of amides is 1. The second-order valence-corrected chi connectivity index (χ2v) is 7.16. The van der Waals surface area contributed by atoms with E-state index in [-0.39, 0.29) is 12.4 Å². The zero-order valence-corrected chi connectivity index (χ0v) is 15.9. The number of nitrogens with zero attached hydrogens (tertiary/aromatic N) is 3. The van der Waals surface area contributed by atoms with Crippen LogP contribution in [0.3, 0.4) is 0 Å². The number of carbonyl (C=O) groups is 1. The number of nitro groups is 2. The fourth-order valence-corrected chi connectivity index (χ4v) is 3.65. The van der Waals surface area contributed by atoms with Gasteiger partial charge in [-0.25, -0.2) is 0 Å². The molecule has 11 nitrogen and oxygen atoms in total. The summed E-state index contributed by atoms with van der Waals surface area (Å²) in [4.78, 5) is 36.3. The first-order chi connectivity index (χ1) is 14.4. The first kappa shape index (κ1) is 19.6. The van der Waals surface area contributed by atoms with Crippen molar-refractivity contribution < 1.29 is 29.0 Å². The SMILES string of the molecule is O=C(c1cc([N+](=O)[O-])cc([N+](=O)[O-])c1)N1CC[NH+](Cc2ccc3c(c2)OCO3)CC1. The number of benzene rings is 2. The summed E-state index contributed by atoms with van der Waals surface area (Å²) in [6.45, 7) is 3.28. The van der Waals surface area contributed by atoms with Gasteiger partial charge in [-0.1, -0.05) is 0 Å². The predicted octanol–water partition coefficient (Wildman–Crippen LogP) is 0.773. The highest BCUT2D eigenvalue weighted by Gasteiger charge is 2.28. The molecule has 4 rings (SSSR count). The lowest BCUT2D eigenvalue weighted by Crippen LogP contribution is -3.13. The van der Waals surface area contributed by atoms with Crippen LogP contribution in [-0.2, 0) is 6.54 Å². The number of non-ortho nitro benzene ring substituents is 2. The lowest BCUT2D eigenvalue weighted by molar-refractivity contribution is -0.917. The second-order valence-electron chi connectivity index (χ2n) is 7.16. The van der Waals surface area contributed by atoms with E-state index in [2.05, 4.69) is 0 Å². The van der Waals surface area contributed by atoms with Gasteiger partial charge in [0.1, 0.15) is 6.54 Å². The Labute approximate surface area is 170 Å². The van der Waals surface area contributed by atoms with Crippen LogP contribution in [0, 0.1) is 20.2 Å². The Hall–Kier alpha value is -3.73. The number of fused-ring (bicyclic) bond motifs is 1. The summed E-state index contributed by atoms with van der Waals surface area (Å²) >= 11 is 0. The molecule has 1 saturated heterocycles. The molecular formula is C19H19N4O7+. The van der Waals surface area contributed by atoms with Crippen LogP contribution in [-0.4, -0.2) is 53.6 Å². The van der Waals surface area contributed by atoms with Gasteiger partial charge in [-0.15, -0.1) is 0 Å². The summed E-state index contributed by atoms with van der Waals surface area (Å²) in [5.74, 6) is 1.02. The molecular weight excluding hydrogens is 396 g/mol. The van der Waals surface area contributed by atoms with Crippen LogP contribution in [0.25, 0.3) is 0 Å². The fraction of sp³-hybridized carbons (Fsp3) is 0.316. The van der Waals surface area contributed by atoms with Crippen LogP contribution in [0.15, 0.2) is 36.4 Å². The van der Waals surface area contributed by atoms with E-state index in [1.165, 1.54) is 4.90 Å². The van der Waals surface area contributed by atoms with Gasteiger partial charge in [-0.3, -0.25) is 25.0 Å². The van der Waals surface area contributed by atoms with E-state index in [1.807, 2.05) is 18.2 Å². The highest BCUT2D eigenvalue weighted by Crippen LogP contribution is 2.32. The molecule has 156 valence electrons. The number of ether oxygens (including phenoxy) is 2. The van der Waals surface area contributed by atoms with E-state index in [1.54, 1.807) is 4.90 Å². The first-order valence-electron chi connectivity index (χ1n) is 9.36. The molecule has 2 aliphatic heterocycles. The lowest BCUT2D eigenvalue weighted by Gasteiger charge is -2.32. The van der Waals surface area contributed by atoms with Gasteiger partial charge in [0.15, 0.2) is 11.5 Å². The molecule has 1 N–H and O–H groups in total. The molecule has 2 aliphatic rings. The van der Waals surface area contributed by atoms with E-state index >= 15 is 0 Å². The number of piperazine rings is 1. The van der Waals surface area contributed by atoms with Gasteiger partial charge in [0, 0.05) is 17.7 Å². The molecule has 11 heteroatoms. The Kier molecular flexibility index (Phi) is 5.19. The van der Waals surface area contributed by atoms with Gasteiger partial charge >= 0.3 is 0 Å². The van der Waals surface area contributed by atoms with Crippen LogP contribution >= 0.6 is 0 Å². The second kappa shape index (κ2) is 7.95. The van der Waals surface area contributed by atoms with E-state index in [9.17, 15) is 25.0 Å². The number of rotatable bonds is 5. The van der Waals surface area contributed by atoms with Gasteiger partial charge in [-0.05, 0) is 18.2 Å². The van der Waals surface area contributed by atoms with Crippen molar-refractivity contribution in [2.75, 3.05) is 33.0 Å². The summed E-state index contributed by atoms with van der Waals surface area (Å²) in [7, 11) is 0. The number of quaternary nitrogens is 1. The van der Waals surface area contributed by atoms with Crippen molar-refractivity contribution in [1.29, 1.82) is 0 Å². The maximum atomic E-state index is 12.8. The van der Waals surface area contributed by atoms with E-state index in [4.69, 9.17) is 9.47 Å². The first-order valence-corrected chi connectivity index (χ1v) is 9.36. The van der Waals surface area contributed by atoms with Crippen LogP contribution < -0.4 is 14.4 Å². The molecule has 1 amide bonds. The zero-order valence-electron chi connectivity index (χ0n) is 15.9. The predicted molar refractivity (Wildman–Crippen MR) is 103 cm³/mol. The zero-order chi connectivity index (χ0) is 21.3. The summed E-state index contributed by atoms with van der Waals surface area (Å²) in [6, 6.07) is 8.84. The molecule has 0 saturated carbocycles. The molecule has 0 spiro atoms. The number of hydrogen-bond acceptors (Lipinski definition) is 7. The van der Waals surface area contributed by atoms with Crippen LogP contribution in [0.1, 0.15) is 15.9 Å². The molecule has 2 heterocycles. The van der Waals surface area contributed by atoms with Crippen molar-refractivity contribution in [3.63, 3.8) is 0 Å². The largest absolute Gasteiger partial charge is 0.454 e. The minimum Gasteiger partial charge on any atom is -0.454 e. The Morgan fingerprint density at radius 1 is 0.967 bits per heavy atom. The van der Waals surface area contributed by atoms with Gasteiger partial charge in [0.05, 0.1) is 47.7 Å². The summed E-state index contributed by atoms with van der Waals surface area (Å²) < 4.78 is 10.7. The van der Waals surface area contributed by atoms with E-state index in [0.717, 1.165) is 41.8 Å². The van der Waals surface area contributed by atoms with Crippen LogP contribution in [0.5, 0.6) is 11.5 Å². The molecule has 0 atom stereocenters. The van der Waals surface area contributed by atoms with Crippen molar-refractivity contribution in [3.05, 3.63) is 67.8 Å². The Balaban J connectivity index is 1.41. The molecule has 30 heavy (non-hydrogen) atoms. The maximum Gasteiger partial charge on any atom is 0.277 e. The number of nitrogens with one attached hydrogen (secondary N) is 1. The van der Waals surface area contributed by atoms with Crippen molar-refractivity contribution in [2.45, 2.75) is 6.54 Å². The minimum absolute atomic E-state index is 0.0462. The normalized spacial score (nSPS) is 15.8. The van der Waals surface area contributed by atoms with Crippen LogP contribution in [0.4, 0.5) is 11.4 Å².